The topological polar surface area (TPSA) is 57.2 Å². The molecule has 1 N–H and O–H groups in total. The van der Waals surface area contributed by atoms with Crippen molar-refractivity contribution in [3.8, 4) is 0 Å². The molecule has 0 atom stereocenters. The number of rotatable bonds is 2. The first kappa shape index (κ1) is 18.9. The number of benzene rings is 1. The van der Waals surface area contributed by atoms with Gasteiger partial charge in [0.05, 0.1) is 31.0 Å². The third-order valence-corrected chi connectivity index (χ3v) is 5.71. The third kappa shape index (κ3) is 3.90. The zero-order valence-corrected chi connectivity index (χ0v) is 16.3. The van der Waals surface area contributed by atoms with Crippen molar-refractivity contribution in [1.29, 1.82) is 0 Å². The van der Waals surface area contributed by atoms with Crippen LogP contribution in [-0.4, -0.2) is 67.6 Å². The molecule has 0 radical (unpaired) electrons. The molecule has 3 aliphatic rings. The van der Waals surface area contributed by atoms with Crippen LogP contribution in [0.25, 0.3) is 5.70 Å². The van der Waals surface area contributed by atoms with Gasteiger partial charge in [0.1, 0.15) is 5.82 Å². The van der Waals surface area contributed by atoms with Crippen LogP contribution in [0.4, 0.5) is 4.39 Å². The van der Waals surface area contributed by atoms with E-state index in [4.69, 9.17) is 4.74 Å². The molecule has 28 heavy (non-hydrogen) atoms. The number of amides is 1. The Hall–Kier alpha value is -2.41. The van der Waals surface area contributed by atoms with Gasteiger partial charge in [-0.2, -0.15) is 0 Å². The van der Waals surface area contributed by atoms with Crippen LogP contribution in [0.2, 0.25) is 0 Å². The molecule has 1 amide bonds. The van der Waals surface area contributed by atoms with Crippen LogP contribution < -0.4 is 5.32 Å². The Balaban J connectivity index is 1.64. The normalized spacial score (nSPS) is 21.4. The maximum Gasteiger partial charge on any atom is 0.253 e. The summed E-state index contributed by atoms with van der Waals surface area (Å²) in [6.07, 6.45) is 2.01. The fraction of sp³-hybridized carbons (Fsp3) is 0.524. The number of carbonyl (C=O) groups is 1. The van der Waals surface area contributed by atoms with Crippen LogP contribution in [0.5, 0.6) is 0 Å². The maximum atomic E-state index is 14.6. The van der Waals surface area contributed by atoms with Crippen LogP contribution in [0.15, 0.2) is 34.8 Å². The average Bonchev–Trinajstić information content (AvgIpc) is 2.74. The van der Waals surface area contributed by atoms with Crippen molar-refractivity contribution in [3.63, 3.8) is 0 Å². The summed E-state index contributed by atoms with van der Waals surface area (Å²) >= 11 is 0. The van der Waals surface area contributed by atoms with E-state index >= 15 is 0 Å². The van der Waals surface area contributed by atoms with Gasteiger partial charge in [-0.3, -0.25) is 4.79 Å². The summed E-state index contributed by atoms with van der Waals surface area (Å²) in [5.74, 6) is 0.943. The third-order valence-electron chi connectivity index (χ3n) is 5.71. The lowest BCUT2D eigenvalue weighted by Crippen LogP contribution is -2.49. The SMILES string of the molecule is CC1CCN(C(=O)C2=C(c3ccccc3F)NC(N3CCOCC3)=NC2)CC1. The number of aliphatic imine (C=N–C) groups is 1. The molecule has 0 aromatic heterocycles. The monoisotopic (exact) mass is 386 g/mol. The van der Waals surface area contributed by atoms with E-state index < -0.39 is 0 Å². The number of hydrogen-bond acceptors (Lipinski definition) is 5. The van der Waals surface area contributed by atoms with Gasteiger partial charge in [0.2, 0.25) is 0 Å². The first-order valence-corrected chi connectivity index (χ1v) is 10.0. The van der Waals surface area contributed by atoms with Gasteiger partial charge < -0.3 is 19.9 Å². The number of nitrogens with zero attached hydrogens (tertiary/aromatic N) is 3. The van der Waals surface area contributed by atoms with E-state index in [1.807, 2.05) is 4.90 Å². The Labute approximate surface area is 165 Å². The molecule has 6 nitrogen and oxygen atoms in total. The Morgan fingerprint density at radius 3 is 2.61 bits per heavy atom. The number of hydrogen-bond donors (Lipinski definition) is 1. The van der Waals surface area contributed by atoms with E-state index in [2.05, 4.69) is 22.1 Å². The first-order valence-electron chi connectivity index (χ1n) is 10.0. The zero-order chi connectivity index (χ0) is 19.5. The quantitative estimate of drug-likeness (QED) is 0.846. The molecule has 1 aromatic carbocycles. The van der Waals surface area contributed by atoms with Gasteiger partial charge in [-0.15, -0.1) is 0 Å². The van der Waals surface area contributed by atoms with E-state index in [-0.39, 0.29) is 18.3 Å². The van der Waals surface area contributed by atoms with Crippen LogP contribution in [-0.2, 0) is 9.53 Å². The summed E-state index contributed by atoms with van der Waals surface area (Å²) in [6, 6.07) is 6.59. The first-order chi connectivity index (χ1) is 13.6. The number of halogens is 1. The minimum absolute atomic E-state index is 0.0394. The molecule has 7 heteroatoms. The Kier molecular flexibility index (Phi) is 5.62. The number of morpholine rings is 1. The van der Waals surface area contributed by atoms with E-state index in [0.29, 0.717) is 41.9 Å². The summed E-state index contributed by atoms with van der Waals surface area (Å²) in [5, 5.41) is 3.27. The maximum absolute atomic E-state index is 14.6. The molecule has 0 unspecified atom stereocenters. The van der Waals surface area contributed by atoms with Crippen molar-refractivity contribution in [2.45, 2.75) is 19.8 Å². The van der Waals surface area contributed by atoms with Crippen LogP contribution in [0.3, 0.4) is 0 Å². The lowest BCUT2D eigenvalue weighted by molar-refractivity contribution is -0.128. The Bertz CT molecular complexity index is 793. The predicted octanol–water partition coefficient (Wildman–Crippen LogP) is 2.09. The molecule has 150 valence electrons. The summed E-state index contributed by atoms with van der Waals surface area (Å²) in [4.78, 5) is 21.8. The lowest BCUT2D eigenvalue weighted by Gasteiger charge is -2.35. The van der Waals surface area contributed by atoms with Gasteiger partial charge >= 0.3 is 0 Å². The highest BCUT2D eigenvalue weighted by Gasteiger charge is 2.30. The van der Waals surface area contributed by atoms with Crippen molar-refractivity contribution in [3.05, 3.63) is 41.2 Å². The smallest absolute Gasteiger partial charge is 0.253 e. The van der Waals surface area contributed by atoms with Gasteiger partial charge in [0.15, 0.2) is 5.96 Å². The molecule has 1 aromatic rings. The molecule has 4 rings (SSSR count). The van der Waals surface area contributed by atoms with Crippen molar-refractivity contribution in [2.75, 3.05) is 45.9 Å². The number of nitrogens with one attached hydrogen (secondary N) is 1. The van der Waals surface area contributed by atoms with Crippen LogP contribution >= 0.6 is 0 Å². The molecule has 3 aliphatic heterocycles. The summed E-state index contributed by atoms with van der Waals surface area (Å²) in [7, 11) is 0. The minimum Gasteiger partial charge on any atom is -0.378 e. The highest BCUT2D eigenvalue weighted by Crippen LogP contribution is 2.26. The molecule has 2 saturated heterocycles. The molecule has 0 aliphatic carbocycles. The molecule has 0 saturated carbocycles. The van der Waals surface area contributed by atoms with Crippen molar-refractivity contribution < 1.29 is 13.9 Å². The number of ether oxygens (including phenoxy) is 1. The molecule has 2 fully saturated rings. The molecule has 0 bridgehead atoms. The molecule has 3 heterocycles. The second-order valence-corrected chi connectivity index (χ2v) is 7.67. The Morgan fingerprint density at radius 2 is 1.89 bits per heavy atom. The molecule has 0 spiro atoms. The number of guanidine groups is 1. The van der Waals surface area contributed by atoms with E-state index in [0.717, 1.165) is 39.0 Å². The fourth-order valence-corrected chi connectivity index (χ4v) is 3.88. The van der Waals surface area contributed by atoms with Gasteiger partial charge in [-0.1, -0.05) is 19.1 Å². The second kappa shape index (κ2) is 8.31. The van der Waals surface area contributed by atoms with Crippen molar-refractivity contribution >= 4 is 17.6 Å². The average molecular weight is 386 g/mol. The molecular weight excluding hydrogens is 359 g/mol. The molecular formula is C21H27FN4O2. The van der Waals surface area contributed by atoms with Crippen LogP contribution in [0.1, 0.15) is 25.3 Å². The summed E-state index contributed by atoms with van der Waals surface area (Å²) in [5.41, 5.74) is 1.49. The second-order valence-electron chi connectivity index (χ2n) is 7.67. The summed E-state index contributed by atoms with van der Waals surface area (Å²) in [6.45, 7) is 6.69. The Morgan fingerprint density at radius 1 is 1.18 bits per heavy atom. The van der Waals surface area contributed by atoms with Crippen LogP contribution in [0, 0.1) is 11.7 Å². The van der Waals surface area contributed by atoms with Gasteiger partial charge in [-0.25, -0.2) is 9.38 Å². The van der Waals surface area contributed by atoms with E-state index in [9.17, 15) is 9.18 Å². The van der Waals surface area contributed by atoms with Gasteiger partial charge in [-0.05, 0) is 30.9 Å². The highest BCUT2D eigenvalue weighted by molar-refractivity contribution is 6.06. The number of likely N-dealkylation sites (tertiary alicyclic amines) is 1. The fourth-order valence-electron chi connectivity index (χ4n) is 3.88. The minimum atomic E-state index is -0.342. The number of carbonyl (C=O) groups excluding carboxylic acids is 1. The van der Waals surface area contributed by atoms with Crippen molar-refractivity contribution in [2.24, 2.45) is 10.9 Å². The standard InChI is InChI=1S/C21H27FN4O2/c1-15-6-8-25(9-7-15)20(27)17-14-23-21(26-10-12-28-13-11-26)24-19(17)16-4-2-3-5-18(16)22/h2-5,15H,6-14H2,1H3,(H,23,24). The predicted molar refractivity (Wildman–Crippen MR) is 106 cm³/mol. The van der Waals surface area contributed by atoms with E-state index in [1.165, 1.54) is 6.07 Å². The highest BCUT2D eigenvalue weighted by atomic mass is 19.1. The van der Waals surface area contributed by atoms with E-state index in [1.54, 1.807) is 18.2 Å². The number of piperidine rings is 1. The lowest BCUT2D eigenvalue weighted by atomic mass is 9.97. The van der Waals surface area contributed by atoms with Gasteiger partial charge in [0, 0.05) is 31.7 Å². The largest absolute Gasteiger partial charge is 0.378 e. The van der Waals surface area contributed by atoms with Crippen molar-refractivity contribution in [1.82, 2.24) is 15.1 Å². The zero-order valence-electron chi connectivity index (χ0n) is 16.3. The van der Waals surface area contributed by atoms with Gasteiger partial charge in [0.25, 0.3) is 5.91 Å². The summed E-state index contributed by atoms with van der Waals surface area (Å²) < 4.78 is 20.0.